The van der Waals surface area contributed by atoms with Crippen LogP contribution < -0.4 is 0 Å². The maximum atomic E-state index is 6.02. The molecule has 3 saturated heterocycles. The van der Waals surface area contributed by atoms with Crippen molar-refractivity contribution in [2.75, 3.05) is 52.9 Å². The summed E-state index contributed by atoms with van der Waals surface area (Å²) >= 11 is 0. The molecule has 3 heterocycles. The molecule has 3 rings (SSSR count). The number of ether oxygens (including phenoxy) is 6. The summed E-state index contributed by atoms with van der Waals surface area (Å²) in [5.74, 6) is 0.444. The van der Waals surface area contributed by atoms with Crippen molar-refractivity contribution in [3.63, 3.8) is 0 Å². The van der Waals surface area contributed by atoms with Crippen LogP contribution in [0.3, 0.4) is 0 Å². The van der Waals surface area contributed by atoms with Gasteiger partial charge in [-0.3, -0.25) is 0 Å². The minimum absolute atomic E-state index is 0.199. The molecule has 0 bridgehead atoms. The zero-order chi connectivity index (χ0) is 15.2. The summed E-state index contributed by atoms with van der Waals surface area (Å²) in [4.78, 5) is 0. The lowest BCUT2D eigenvalue weighted by atomic mass is 9.98. The molecule has 6 heteroatoms. The van der Waals surface area contributed by atoms with Crippen molar-refractivity contribution in [1.82, 2.24) is 0 Å². The van der Waals surface area contributed by atoms with E-state index >= 15 is 0 Å². The molecule has 0 saturated carbocycles. The summed E-state index contributed by atoms with van der Waals surface area (Å²) < 4.78 is 32.8. The Kier molecular flexibility index (Phi) is 6.47. The third-order valence-electron chi connectivity index (χ3n) is 4.21. The van der Waals surface area contributed by atoms with Crippen LogP contribution in [0.25, 0.3) is 0 Å². The monoisotopic (exact) mass is 316 g/mol. The van der Waals surface area contributed by atoms with Crippen molar-refractivity contribution in [3.8, 4) is 0 Å². The molecule has 0 aliphatic carbocycles. The second kappa shape index (κ2) is 8.57. The van der Waals surface area contributed by atoms with Crippen molar-refractivity contribution in [1.29, 1.82) is 0 Å². The normalized spacial score (nSPS) is 31.8. The van der Waals surface area contributed by atoms with Crippen LogP contribution in [0.4, 0.5) is 0 Å². The van der Waals surface area contributed by atoms with Gasteiger partial charge in [-0.15, -0.1) is 0 Å². The van der Waals surface area contributed by atoms with Gasteiger partial charge in [-0.25, -0.2) is 0 Å². The van der Waals surface area contributed by atoms with Crippen LogP contribution in [0.5, 0.6) is 0 Å². The van der Waals surface area contributed by atoms with Crippen molar-refractivity contribution < 1.29 is 28.4 Å². The van der Waals surface area contributed by atoms with Crippen LogP contribution in [-0.4, -0.2) is 77.3 Å². The fraction of sp³-hybridized carbons (Fsp3) is 1.00. The van der Waals surface area contributed by atoms with E-state index in [1.165, 1.54) is 0 Å². The molecule has 3 aliphatic heterocycles. The van der Waals surface area contributed by atoms with Crippen LogP contribution in [0.15, 0.2) is 0 Å². The Balaban J connectivity index is 1.28. The summed E-state index contributed by atoms with van der Waals surface area (Å²) in [6.07, 6.45) is 3.08. The Labute approximate surface area is 132 Å². The minimum Gasteiger partial charge on any atom is -0.379 e. The highest BCUT2D eigenvalue weighted by Gasteiger charge is 2.27. The molecule has 5 atom stereocenters. The molecule has 0 aromatic carbocycles. The van der Waals surface area contributed by atoms with Crippen LogP contribution in [-0.2, 0) is 28.4 Å². The molecular weight excluding hydrogens is 288 g/mol. The highest BCUT2D eigenvalue weighted by Crippen LogP contribution is 2.20. The van der Waals surface area contributed by atoms with E-state index in [-0.39, 0.29) is 6.10 Å². The molecule has 0 spiro atoms. The van der Waals surface area contributed by atoms with Gasteiger partial charge in [-0.1, -0.05) is 6.92 Å². The van der Waals surface area contributed by atoms with Gasteiger partial charge >= 0.3 is 0 Å². The molecule has 22 heavy (non-hydrogen) atoms. The van der Waals surface area contributed by atoms with E-state index in [0.29, 0.717) is 37.4 Å². The molecule has 3 aliphatic rings. The van der Waals surface area contributed by atoms with Gasteiger partial charge in [0.05, 0.1) is 45.7 Å². The lowest BCUT2D eigenvalue weighted by Gasteiger charge is -2.24. The van der Waals surface area contributed by atoms with E-state index in [9.17, 15) is 0 Å². The Morgan fingerprint density at radius 2 is 1.32 bits per heavy atom. The number of hydrogen-bond donors (Lipinski definition) is 0. The van der Waals surface area contributed by atoms with Gasteiger partial charge in [0.2, 0.25) is 0 Å². The van der Waals surface area contributed by atoms with E-state index in [2.05, 4.69) is 6.92 Å². The number of epoxide rings is 3. The van der Waals surface area contributed by atoms with Crippen LogP contribution in [0.2, 0.25) is 0 Å². The molecule has 0 amide bonds. The van der Waals surface area contributed by atoms with Gasteiger partial charge in [0.25, 0.3) is 0 Å². The van der Waals surface area contributed by atoms with Crippen molar-refractivity contribution in [2.45, 2.75) is 44.2 Å². The zero-order valence-corrected chi connectivity index (χ0v) is 13.4. The second-order valence-corrected chi connectivity index (χ2v) is 6.44. The maximum absolute atomic E-state index is 6.02. The van der Waals surface area contributed by atoms with E-state index < -0.39 is 0 Å². The zero-order valence-electron chi connectivity index (χ0n) is 13.4. The summed E-state index contributed by atoms with van der Waals surface area (Å²) in [6, 6.07) is 0. The quantitative estimate of drug-likeness (QED) is 0.352. The minimum atomic E-state index is 0.199. The Bertz CT molecular complexity index is 314. The Morgan fingerprint density at radius 1 is 0.818 bits per heavy atom. The highest BCUT2D eigenvalue weighted by molar-refractivity contribution is 4.73. The fourth-order valence-corrected chi connectivity index (χ4v) is 2.34. The smallest absolute Gasteiger partial charge is 0.104 e. The lowest BCUT2D eigenvalue weighted by Crippen LogP contribution is -2.27. The molecule has 0 N–H and O–H groups in total. The predicted octanol–water partition coefficient (Wildman–Crippen LogP) is 1.02. The van der Waals surface area contributed by atoms with Crippen molar-refractivity contribution >= 4 is 0 Å². The predicted molar refractivity (Wildman–Crippen MR) is 79.0 cm³/mol. The maximum Gasteiger partial charge on any atom is 0.104 e. The van der Waals surface area contributed by atoms with Gasteiger partial charge in [0.15, 0.2) is 0 Å². The van der Waals surface area contributed by atoms with E-state index in [0.717, 1.165) is 52.5 Å². The first-order valence-electron chi connectivity index (χ1n) is 8.43. The van der Waals surface area contributed by atoms with Crippen LogP contribution in [0.1, 0.15) is 19.8 Å². The molecular formula is C16H28O6. The van der Waals surface area contributed by atoms with Gasteiger partial charge in [-0.2, -0.15) is 0 Å². The molecule has 3 fully saturated rings. The third-order valence-corrected chi connectivity index (χ3v) is 4.21. The lowest BCUT2D eigenvalue weighted by molar-refractivity contribution is -0.0239. The summed E-state index contributed by atoms with van der Waals surface area (Å²) in [7, 11) is 0. The molecule has 5 unspecified atom stereocenters. The molecule has 6 nitrogen and oxygen atoms in total. The topological polar surface area (TPSA) is 65.3 Å². The van der Waals surface area contributed by atoms with Gasteiger partial charge in [0, 0.05) is 13.2 Å². The third kappa shape index (κ3) is 6.89. The molecule has 0 radical (unpaired) electrons. The number of rotatable bonds is 14. The largest absolute Gasteiger partial charge is 0.379 e. The molecule has 128 valence electrons. The number of hydrogen-bond acceptors (Lipinski definition) is 6. The first-order valence-corrected chi connectivity index (χ1v) is 8.43. The summed E-state index contributed by atoms with van der Waals surface area (Å²) in [6.45, 7) is 8.35. The Hall–Kier alpha value is -0.240. The van der Waals surface area contributed by atoms with Crippen molar-refractivity contribution in [3.05, 3.63) is 0 Å². The Morgan fingerprint density at radius 3 is 1.86 bits per heavy atom. The second-order valence-electron chi connectivity index (χ2n) is 6.44. The SMILES string of the molecule is CC(CCOCC1CO1)C(CCOCC1CO1)OCC1CO1. The molecule has 0 aromatic heterocycles. The van der Waals surface area contributed by atoms with Crippen LogP contribution >= 0.6 is 0 Å². The first-order chi connectivity index (χ1) is 10.8. The van der Waals surface area contributed by atoms with Gasteiger partial charge in [-0.05, 0) is 18.8 Å². The van der Waals surface area contributed by atoms with Gasteiger partial charge < -0.3 is 28.4 Å². The van der Waals surface area contributed by atoms with Gasteiger partial charge in [0.1, 0.15) is 18.3 Å². The first kappa shape index (κ1) is 16.6. The highest BCUT2D eigenvalue weighted by atomic mass is 16.6. The van der Waals surface area contributed by atoms with E-state index in [4.69, 9.17) is 28.4 Å². The average Bonchev–Trinajstić information content (AvgIpc) is 3.38. The fourth-order valence-electron chi connectivity index (χ4n) is 2.34. The standard InChI is InChI=1S/C16H28O6/c1-12(2-4-17-6-13-8-19-13)16(22-11-15-10-21-15)3-5-18-7-14-9-20-14/h12-16H,2-11H2,1H3. The average molecular weight is 316 g/mol. The summed E-state index contributed by atoms with van der Waals surface area (Å²) in [5, 5.41) is 0. The van der Waals surface area contributed by atoms with Crippen molar-refractivity contribution in [2.24, 2.45) is 5.92 Å². The van der Waals surface area contributed by atoms with E-state index in [1.54, 1.807) is 0 Å². The summed E-state index contributed by atoms with van der Waals surface area (Å²) in [5.41, 5.74) is 0. The molecule has 0 aromatic rings. The van der Waals surface area contributed by atoms with Crippen LogP contribution in [0, 0.1) is 5.92 Å². The van der Waals surface area contributed by atoms with E-state index in [1.807, 2.05) is 0 Å².